The number of unbranched alkanes of at least 4 members (excludes halogenated alkanes) is 2. The van der Waals surface area contributed by atoms with Crippen LogP contribution in [0.4, 0.5) is 0 Å². The largest absolute Gasteiger partial charge is 0.464 e. The molecule has 0 aliphatic carbocycles. The topological polar surface area (TPSA) is 97.4 Å². The Labute approximate surface area is 238 Å². The normalized spacial score (nSPS) is 12.8. The van der Waals surface area contributed by atoms with Gasteiger partial charge in [0.15, 0.2) is 12.2 Å². The first kappa shape index (κ1) is 33.0. The molecule has 0 fully saturated rings. The van der Waals surface area contributed by atoms with Crippen molar-refractivity contribution in [2.24, 2.45) is 0 Å². The molecular weight excluding hydrogens is 512 g/mol. The third-order valence-electron chi connectivity index (χ3n) is 6.03. The van der Waals surface area contributed by atoms with E-state index in [1.807, 2.05) is 30.3 Å². The van der Waals surface area contributed by atoms with Crippen molar-refractivity contribution < 1.29 is 38.1 Å². The first-order valence-corrected chi connectivity index (χ1v) is 13.9. The standard InChI is InChI=1S/C32H44O8/c1-7-36-27(33)22-38-29(31(35)40-32(4,5)6)28(30(34)39-21-26-15-10-8-11-16-26)37-19-13-9-12-14-25-18-17-23(2)24(3)20-25/h8,10-11,15-18,20,28-29H,7,9,12-14,19,21-22H2,1-6H3/t28-,29-/m1/s1. The van der Waals surface area contributed by atoms with Crippen LogP contribution in [0, 0.1) is 13.8 Å². The van der Waals surface area contributed by atoms with Gasteiger partial charge in [0.05, 0.1) is 6.61 Å². The molecule has 0 saturated heterocycles. The highest BCUT2D eigenvalue weighted by Crippen LogP contribution is 2.18. The van der Waals surface area contributed by atoms with Crippen LogP contribution in [0.2, 0.25) is 0 Å². The van der Waals surface area contributed by atoms with Crippen molar-refractivity contribution in [3.63, 3.8) is 0 Å². The Kier molecular flexibility index (Phi) is 13.8. The Hall–Kier alpha value is -3.23. The van der Waals surface area contributed by atoms with Crippen molar-refractivity contribution >= 4 is 17.9 Å². The maximum Gasteiger partial charge on any atom is 0.339 e. The average Bonchev–Trinajstić information content (AvgIpc) is 2.89. The highest BCUT2D eigenvalue weighted by molar-refractivity contribution is 5.86. The third-order valence-corrected chi connectivity index (χ3v) is 6.03. The Balaban J connectivity index is 2.08. The highest BCUT2D eigenvalue weighted by atomic mass is 16.6. The Morgan fingerprint density at radius 2 is 1.48 bits per heavy atom. The van der Waals surface area contributed by atoms with Crippen LogP contribution in [0.5, 0.6) is 0 Å². The van der Waals surface area contributed by atoms with E-state index < -0.39 is 42.3 Å². The molecule has 0 heterocycles. The molecule has 0 spiro atoms. The van der Waals surface area contributed by atoms with E-state index in [1.165, 1.54) is 16.7 Å². The fourth-order valence-corrected chi connectivity index (χ4v) is 3.87. The first-order valence-electron chi connectivity index (χ1n) is 13.9. The lowest BCUT2D eigenvalue weighted by molar-refractivity contribution is -0.193. The Morgan fingerprint density at radius 3 is 2.12 bits per heavy atom. The van der Waals surface area contributed by atoms with Gasteiger partial charge in [-0.2, -0.15) is 0 Å². The fraction of sp³-hybridized carbons (Fsp3) is 0.531. The van der Waals surface area contributed by atoms with Crippen molar-refractivity contribution in [2.75, 3.05) is 19.8 Å². The van der Waals surface area contributed by atoms with Crippen LogP contribution in [0.1, 0.15) is 69.2 Å². The van der Waals surface area contributed by atoms with E-state index in [-0.39, 0.29) is 19.8 Å². The van der Waals surface area contributed by atoms with Gasteiger partial charge in [0.25, 0.3) is 0 Å². The number of carbonyl (C=O) groups is 3. The molecule has 0 radical (unpaired) electrons. The zero-order valence-corrected chi connectivity index (χ0v) is 24.7. The number of rotatable bonds is 16. The van der Waals surface area contributed by atoms with Gasteiger partial charge in [-0.05, 0) is 83.1 Å². The number of ether oxygens (including phenoxy) is 5. The minimum atomic E-state index is -1.51. The molecular formula is C32H44O8. The van der Waals surface area contributed by atoms with Gasteiger partial charge in [0.1, 0.15) is 18.8 Å². The number of hydrogen-bond donors (Lipinski definition) is 0. The van der Waals surface area contributed by atoms with Crippen molar-refractivity contribution in [1.29, 1.82) is 0 Å². The predicted octanol–water partition coefficient (Wildman–Crippen LogP) is 5.43. The summed E-state index contributed by atoms with van der Waals surface area (Å²) in [5.41, 5.74) is 3.75. The Bertz CT molecular complexity index is 1070. The molecule has 2 aromatic carbocycles. The maximum absolute atomic E-state index is 13.2. The first-order chi connectivity index (χ1) is 19.0. The summed E-state index contributed by atoms with van der Waals surface area (Å²) in [6, 6.07) is 15.6. The maximum atomic E-state index is 13.2. The van der Waals surface area contributed by atoms with Crippen molar-refractivity contribution in [3.05, 3.63) is 70.8 Å². The molecule has 0 unspecified atom stereocenters. The van der Waals surface area contributed by atoms with Crippen LogP contribution >= 0.6 is 0 Å². The number of benzene rings is 2. The lowest BCUT2D eigenvalue weighted by Crippen LogP contribution is -2.48. The van der Waals surface area contributed by atoms with Gasteiger partial charge in [0, 0.05) is 6.61 Å². The van der Waals surface area contributed by atoms with Crippen LogP contribution in [-0.4, -0.2) is 55.5 Å². The van der Waals surface area contributed by atoms with Crippen molar-refractivity contribution in [3.8, 4) is 0 Å². The van der Waals surface area contributed by atoms with Gasteiger partial charge in [-0.1, -0.05) is 55.0 Å². The molecule has 0 aliphatic heterocycles. The van der Waals surface area contributed by atoms with Gasteiger partial charge >= 0.3 is 17.9 Å². The van der Waals surface area contributed by atoms with Crippen molar-refractivity contribution in [1.82, 2.24) is 0 Å². The SMILES string of the molecule is CCOC(=O)CO[C@@H](C(=O)OC(C)(C)C)[C@@H](OCCCCCc1ccc(C)c(C)c1)C(=O)OCc1ccccc1. The molecule has 40 heavy (non-hydrogen) atoms. The lowest BCUT2D eigenvalue weighted by Gasteiger charge is -2.28. The number of carbonyl (C=O) groups excluding carboxylic acids is 3. The number of aryl methyl sites for hydroxylation is 3. The highest BCUT2D eigenvalue weighted by Gasteiger charge is 2.40. The second-order valence-electron chi connectivity index (χ2n) is 10.7. The summed E-state index contributed by atoms with van der Waals surface area (Å²) in [6.07, 6.45) is 0.470. The minimum Gasteiger partial charge on any atom is -0.464 e. The van der Waals surface area contributed by atoms with Crippen LogP contribution in [-0.2, 0) is 51.1 Å². The molecule has 220 valence electrons. The zero-order chi connectivity index (χ0) is 29.5. The smallest absolute Gasteiger partial charge is 0.339 e. The molecule has 8 heteroatoms. The summed E-state index contributed by atoms with van der Waals surface area (Å²) >= 11 is 0. The van der Waals surface area contributed by atoms with E-state index in [4.69, 9.17) is 23.7 Å². The summed E-state index contributed by atoms with van der Waals surface area (Å²) in [7, 11) is 0. The zero-order valence-electron chi connectivity index (χ0n) is 24.7. The van der Waals surface area contributed by atoms with Crippen LogP contribution in [0.15, 0.2) is 48.5 Å². The fourth-order valence-electron chi connectivity index (χ4n) is 3.87. The molecule has 2 atom stereocenters. The van der Waals surface area contributed by atoms with E-state index in [1.54, 1.807) is 27.7 Å². The van der Waals surface area contributed by atoms with E-state index in [9.17, 15) is 14.4 Å². The van der Waals surface area contributed by atoms with Gasteiger partial charge in [-0.3, -0.25) is 0 Å². The van der Waals surface area contributed by atoms with E-state index >= 15 is 0 Å². The molecule has 0 aliphatic rings. The second kappa shape index (κ2) is 16.8. The van der Waals surface area contributed by atoms with Gasteiger partial charge in [0.2, 0.25) is 0 Å². The molecule has 0 N–H and O–H groups in total. The Morgan fingerprint density at radius 1 is 0.775 bits per heavy atom. The molecule has 0 bridgehead atoms. The molecule has 8 nitrogen and oxygen atoms in total. The van der Waals surface area contributed by atoms with Crippen LogP contribution in [0.3, 0.4) is 0 Å². The summed E-state index contributed by atoms with van der Waals surface area (Å²) in [4.78, 5) is 38.3. The predicted molar refractivity (Wildman–Crippen MR) is 152 cm³/mol. The molecule has 0 aromatic heterocycles. The van der Waals surface area contributed by atoms with Crippen LogP contribution in [0.25, 0.3) is 0 Å². The molecule has 0 amide bonds. The van der Waals surface area contributed by atoms with E-state index in [2.05, 4.69) is 32.0 Å². The van der Waals surface area contributed by atoms with Gasteiger partial charge in [-0.15, -0.1) is 0 Å². The number of esters is 3. The third kappa shape index (κ3) is 12.3. The number of hydrogen-bond acceptors (Lipinski definition) is 8. The summed E-state index contributed by atoms with van der Waals surface area (Å²) in [5, 5.41) is 0. The minimum absolute atomic E-state index is 0.00554. The van der Waals surface area contributed by atoms with Gasteiger partial charge in [-0.25, -0.2) is 14.4 Å². The van der Waals surface area contributed by atoms with E-state index in [0.717, 1.165) is 24.8 Å². The monoisotopic (exact) mass is 556 g/mol. The lowest BCUT2D eigenvalue weighted by atomic mass is 10.0. The van der Waals surface area contributed by atoms with Gasteiger partial charge < -0.3 is 23.7 Å². The molecule has 2 rings (SSSR count). The van der Waals surface area contributed by atoms with E-state index in [0.29, 0.717) is 6.42 Å². The second-order valence-corrected chi connectivity index (χ2v) is 10.7. The summed E-state index contributed by atoms with van der Waals surface area (Å²) < 4.78 is 27.4. The molecule has 2 aromatic rings. The average molecular weight is 557 g/mol. The summed E-state index contributed by atoms with van der Waals surface area (Å²) in [6.45, 7) is 10.8. The van der Waals surface area contributed by atoms with Crippen LogP contribution < -0.4 is 0 Å². The van der Waals surface area contributed by atoms with Crippen molar-refractivity contribution in [2.45, 2.75) is 91.6 Å². The molecule has 0 saturated carbocycles. The summed E-state index contributed by atoms with van der Waals surface area (Å²) in [5.74, 6) is -2.27. The quantitative estimate of drug-likeness (QED) is 0.153.